The van der Waals surface area contributed by atoms with Crippen LogP contribution in [0.1, 0.15) is 5.56 Å². The molecule has 1 unspecified atom stereocenters. The highest BCUT2D eigenvalue weighted by Crippen LogP contribution is 2.27. The minimum atomic E-state index is -0.475. The number of fused-ring (bicyclic) bond motifs is 1. The van der Waals surface area contributed by atoms with Crippen molar-refractivity contribution in [1.29, 1.82) is 0 Å². The van der Waals surface area contributed by atoms with Gasteiger partial charge in [-0.05, 0) is 35.9 Å². The van der Waals surface area contributed by atoms with Crippen molar-refractivity contribution in [2.75, 3.05) is 4.90 Å². The molecule has 0 spiro atoms. The van der Waals surface area contributed by atoms with E-state index >= 15 is 0 Å². The molecule has 128 valence electrons. The first kappa shape index (κ1) is 16.5. The van der Waals surface area contributed by atoms with Crippen LogP contribution < -0.4 is 4.90 Å². The van der Waals surface area contributed by atoms with Crippen LogP contribution in [0.3, 0.4) is 0 Å². The van der Waals surface area contributed by atoms with E-state index in [0.29, 0.717) is 23.0 Å². The predicted octanol–water partition coefficient (Wildman–Crippen LogP) is 4.20. The summed E-state index contributed by atoms with van der Waals surface area (Å²) in [6, 6.07) is 16.1. The maximum atomic E-state index is 13.2. The smallest absolute Gasteiger partial charge is 0.245 e. The second kappa shape index (κ2) is 6.73. The van der Waals surface area contributed by atoms with Gasteiger partial charge < -0.3 is 0 Å². The Balaban J connectivity index is 1.80. The molecule has 2 aromatic rings. The molecule has 0 aromatic heterocycles. The molecule has 2 aromatic carbocycles. The summed E-state index contributed by atoms with van der Waals surface area (Å²) in [5, 5.41) is 0.555. The number of nitrogens with zero attached hydrogens (tertiary/aromatic N) is 2. The lowest BCUT2D eigenvalue weighted by Crippen LogP contribution is -2.54. The maximum Gasteiger partial charge on any atom is 0.506 e. The monoisotopic (exact) mass is 363 g/mol. The third-order valence-electron chi connectivity index (χ3n) is 4.49. The molecule has 3 amide bonds. The Kier molecular flexibility index (Phi) is 4.27. The summed E-state index contributed by atoms with van der Waals surface area (Å²) in [5.41, 5.74) is 2.22. The molecule has 1 aliphatic heterocycles. The van der Waals surface area contributed by atoms with Gasteiger partial charge >= 0.3 is 11.9 Å². The van der Waals surface area contributed by atoms with Gasteiger partial charge in [-0.2, -0.15) is 9.37 Å². The van der Waals surface area contributed by atoms with Crippen LogP contribution in [0.5, 0.6) is 0 Å². The lowest BCUT2D eigenvalue weighted by molar-refractivity contribution is -0.445. The van der Waals surface area contributed by atoms with Crippen LogP contribution >= 0.6 is 11.6 Å². The quantitative estimate of drug-likeness (QED) is 0.767. The minimum absolute atomic E-state index is 0.253. The summed E-state index contributed by atoms with van der Waals surface area (Å²) in [5.74, 6) is -0.727. The van der Waals surface area contributed by atoms with Gasteiger partial charge in [0.2, 0.25) is 0 Å². The Morgan fingerprint density at radius 1 is 0.962 bits per heavy atom. The van der Waals surface area contributed by atoms with Crippen molar-refractivity contribution in [2.24, 2.45) is 5.92 Å². The van der Waals surface area contributed by atoms with Crippen LogP contribution in [0.2, 0.25) is 5.02 Å². The standard InChI is InChI=1S/C21H16ClN2O2/c22-16-10-12-17(13-11-16)24-20(25)18-8-4-5-9-19(18)23(21(24)26)14-15-6-2-1-3-7-15/h1-13,18H,14H2/q+1. The molecule has 4 nitrogen and oxygen atoms in total. The van der Waals surface area contributed by atoms with Crippen LogP contribution in [-0.4, -0.2) is 22.2 Å². The van der Waals surface area contributed by atoms with Crippen molar-refractivity contribution in [3.63, 3.8) is 0 Å². The number of hydrogen-bond acceptors (Lipinski definition) is 2. The van der Waals surface area contributed by atoms with Crippen molar-refractivity contribution < 1.29 is 14.2 Å². The molecule has 1 atom stereocenters. The third-order valence-corrected chi connectivity index (χ3v) is 4.74. The topological polar surface area (TPSA) is 40.4 Å². The number of benzene rings is 2. The fraction of sp³-hybridized carbons (Fsp3) is 0.0952. The van der Waals surface area contributed by atoms with E-state index in [2.05, 4.69) is 0 Å². The molecule has 26 heavy (non-hydrogen) atoms. The lowest BCUT2D eigenvalue weighted by Gasteiger charge is -2.26. The second-order valence-corrected chi connectivity index (χ2v) is 6.59. The molecular weight excluding hydrogens is 348 g/mol. The number of halogens is 1. The summed E-state index contributed by atoms with van der Waals surface area (Å²) in [6.45, 7) is 0.404. The molecule has 4 rings (SSSR count). The van der Waals surface area contributed by atoms with Crippen molar-refractivity contribution in [3.8, 4) is 0 Å². The van der Waals surface area contributed by atoms with E-state index in [1.807, 2.05) is 54.6 Å². The number of carbonyl (C=O) groups is 2. The summed E-state index contributed by atoms with van der Waals surface area (Å²) >= 11 is 5.95. The fourth-order valence-electron chi connectivity index (χ4n) is 3.22. The Morgan fingerprint density at radius 2 is 1.69 bits per heavy atom. The molecule has 1 aliphatic carbocycles. The highest BCUT2D eigenvalue weighted by Gasteiger charge is 2.47. The second-order valence-electron chi connectivity index (χ2n) is 6.15. The zero-order chi connectivity index (χ0) is 18.1. The van der Waals surface area contributed by atoms with E-state index in [1.165, 1.54) is 4.90 Å². The van der Waals surface area contributed by atoms with E-state index in [9.17, 15) is 9.59 Å². The maximum absolute atomic E-state index is 13.2. The Morgan fingerprint density at radius 3 is 2.42 bits per heavy atom. The number of allylic oxidation sites excluding steroid dienone is 3. The molecule has 2 aliphatic rings. The lowest BCUT2D eigenvalue weighted by atomic mass is 9.94. The molecule has 0 fully saturated rings. The molecule has 0 saturated carbocycles. The summed E-state index contributed by atoms with van der Waals surface area (Å²) in [6.07, 6.45) is 7.35. The zero-order valence-corrected chi connectivity index (χ0v) is 14.6. The number of urea groups is 1. The van der Waals surface area contributed by atoms with Gasteiger partial charge in [0.25, 0.3) is 0 Å². The van der Waals surface area contributed by atoms with Crippen LogP contribution in [0, 0.1) is 5.92 Å². The van der Waals surface area contributed by atoms with Gasteiger partial charge in [-0.15, -0.1) is 4.90 Å². The van der Waals surface area contributed by atoms with Crippen LogP contribution in [0.4, 0.5) is 10.5 Å². The average Bonchev–Trinajstić information content (AvgIpc) is 2.67. The van der Waals surface area contributed by atoms with Gasteiger partial charge in [-0.1, -0.05) is 60.2 Å². The van der Waals surface area contributed by atoms with Crippen molar-refractivity contribution in [3.05, 3.63) is 89.5 Å². The largest absolute Gasteiger partial charge is 0.506 e. The molecule has 0 bridgehead atoms. The molecule has 0 radical (unpaired) electrons. The third kappa shape index (κ3) is 2.89. The summed E-state index contributed by atoms with van der Waals surface area (Å²) in [7, 11) is 0. The van der Waals surface area contributed by atoms with E-state index in [0.717, 1.165) is 5.56 Å². The minimum Gasteiger partial charge on any atom is -0.245 e. The molecular formula is C21H16ClN2O2+. The molecule has 0 saturated heterocycles. The number of imide groups is 1. The Hall–Kier alpha value is -2.98. The van der Waals surface area contributed by atoms with Crippen LogP contribution in [0.25, 0.3) is 0 Å². The van der Waals surface area contributed by atoms with Crippen molar-refractivity contribution in [2.45, 2.75) is 6.54 Å². The van der Waals surface area contributed by atoms with Gasteiger partial charge in [0.1, 0.15) is 23.9 Å². The van der Waals surface area contributed by atoms with Gasteiger partial charge in [-0.3, -0.25) is 0 Å². The Bertz CT molecular complexity index is 959. The highest BCUT2D eigenvalue weighted by molar-refractivity contribution is 6.31. The highest BCUT2D eigenvalue weighted by atomic mass is 35.5. The van der Waals surface area contributed by atoms with Crippen LogP contribution in [0.15, 0.2) is 78.9 Å². The summed E-state index contributed by atoms with van der Waals surface area (Å²) < 4.78 is 1.66. The SMILES string of the molecule is O=C1C2C=CC=CC2=[N+](Cc2ccccc2)C(=O)N1c1ccc(Cl)cc1. The zero-order valence-electron chi connectivity index (χ0n) is 13.9. The first-order valence-electron chi connectivity index (χ1n) is 8.32. The molecule has 1 heterocycles. The normalized spacial score (nSPS) is 19.1. The number of rotatable bonds is 3. The van der Waals surface area contributed by atoms with Gasteiger partial charge in [0.15, 0.2) is 0 Å². The predicted molar refractivity (Wildman–Crippen MR) is 102 cm³/mol. The summed E-state index contributed by atoms with van der Waals surface area (Å²) in [4.78, 5) is 27.4. The number of carbonyl (C=O) groups excluding carboxylic acids is 2. The first-order valence-corrected chi connectivity index (χ1v) is 8.69. The first-order chi connectivity index (χ1) is 12.6. The van der Waals surface area contributed by atoms with E-state index in [1.54, 1.807) is 28.8 Å². The van der Waals surface area contributed by atoms with Crippen molar-refractivity contribution >= 4 is 34.9 Å². The molecule has 0 N–H and O–H groups in total. The Labute approximate surface area is 156 Å². The number of hydrogen-bond donors (Lipinski definition) is 0. The fourth-order valence-corrected chi connectivity index (χ4v) is 3.34. The van der Waals surface area contributed by atoms with Crippen LogP contribution in [-0.2, 0) is 11.3 Å². The van der Waals surface area contributed by atoms with Gasteiger partial charge in [-0.25, -0.2) is 4.79 Å². The average molecular weight is 364 g/mol. The number of anilines is 1. The van der Waals surface area contributed by atoms with E-state index in [4.69, 9.17) is 11.6 Å². The van der Waals surface area contributed by atoms with E-state index in [-0.39, 0.29) is 11.9 Å². The van der Waals surface area contributed by atoms with E-state index < -0.39 is 5.92 Å². The van der Waals surface area contributed by atoms with Gasteiger partial charge in [0.05, 0.1) is 0 Å². The molecule has 5 heteroatoms. The number of amides is 3. The van der Waals surface area contributed by atoms with Crippen molar-refractivity contribution in [1.82, 2.24) is 0 Å². The van der Waals surface area contributed by atoms with Gasteiger partial charge in [0, 0.05) is 5.02 Å².